The second-order valence-electron chi connectivity index (χ2n) is 7.26. The van der Waals surface area contributed by atoms with Gasteiger partial charge < -0.3 is 15.5 Å². The molecule has 0 aliphatic carbocycles. The number of aliphatic imine (C=N–C) groups is 1. The van der Waals surface area contributed by atoms with Crippen LogP contribution in [0.3, 0.4) is 0 Å². The molecule has 1 aliphatic rings. The highest BCUT2D eigenvalue weighted by Gasteiger charge is 2.17. The average molecular weight is 563 g/mol. The molecule has 0 radical (unpaired) electrons. The molecule has 1 aliphatic heterocycles. The molecule has 30 heavy (non-hydrogen) atoms. The van der Waals surface area contributed by atoms with Gasteiger partial charge in [-0.2, -0.15) is 0 Å². The number of piperazine rings is 1. The summed E-state index contributed by atoms with van der Waals surface area (Å²) in [5.74, 6) is 0.835. The maximum atomic E-state index is 6.12. The Balaban J connectivity index is 0.00000320. The van der Waals surface area contributed by atoms with Crippen LogP contribution in [0.5, 0.6) is 0 Å². The Morgan fingerprint density at radius 3 is 2.60 bits per heavy atom. The van der Waals surface area contributed by atoms with Crippen molar-refractivity contribution in [1.29, 1.82) is 0 Å². The van der Waals surface area contributed by atoms with Gasteiger partial charge in [0.05, 0.1) is 12.2 Å². The van der Waals surface area contributed by atoms with Gasteiger partial charge in [-0.05, 0) is 45.0 Å². The first-order valence-corrected chi connectivity index (χ1v) is 11.3. The van der Waals surface area contributed by atoms with Crippen LogP contribution in [-0.2, 0) is 6.54 Å². The van der Waals surface area contributed by atoms with Crippen LogP contribution in [0.2, 0.25) is 5.02 Å². The molecule has 2 heterocycles. The average Bonchev–Trinajstić information content (AvgIpc) is 3.05. The van der Waals surface area contributed by atoms with Crippen molar-refractivity contribution in [2.75, 3.05) is 51.2 Å². The molecule has 0 atom stereocenters. The van der Waals surface area contributed by atoms with Crippen molar-refractivity contribution in [2.45, 2.75) is 26.8 Å². The zero-order valence-electron chi connectivity index (χ0n) is 17.9. The van der Waals surface area contributed by atoms with Gasteiger partial charge in [-0.3, -0.25) is 9.89 Å². The quantitative estimate of drug-likeness (QED) is 0.232. The maximum absolute atomic E-state index is 6.12. The number of aryl methyl sites for hydroxylation is 2. The summed E-state index contributed by atoms with van der Waals surface area (Å²) in [6.07, 6.45) is 1.09. The molecular weight excluding hydrogens is 531 g/mol. The number of nitrogens with one attached hydrogen (secondary N) is 2. The number of guanidine groups is 1. The molecule has 0 unspecified atom stereocenters. The van der Waals surface area contributed by atoms with E-state index >= 15 is 0 Å². The minimum absolute atomic E-state index is 0. The summed E-state index contributed by atoms with van der Waals surface area (Å²) >= 11 is 7.86. The van der Waals surface area contributed by atoms with E-state index < -0.39 is 0 Å². The van der Waals surface area contributed by atoms with Crippen LogP contribution in [0.4, 0.5) is 5.69 Å². The van der Waals surface area contributed by atoms with Crippen LogP contribution in [0.1, 0.15) is 22.0 Å². The lowest BCUT2D eigenvalue weighted by Crippen LogP contribution is -2.47. The van der Waals surface area contributed by atoms with Crippen LogP contribution in [0.15, 0.2) is 29.3 Å². The molecule has 0 bridgehead atoms. The lowest BCUT2D eigenvalue weighted by molar-refractivity contribution is 0.255. The van der Waals surface area contributed by atoms with Crippen molar-refractivity contribution in [3.8, 4) is 0 Å². The van der Waals surface area contributed by atoms with E-state index in [4.69, 9.17) is 11.6 Å². The number of rotatable bonds is 7. The Hall–Kier alpha value is -1.10. The fourth-order valence-electron chi connectivity index (χ4n) is 3.41. The van der Waals surface area contributed by atoms with Crippen molar-refractivity contribution in [3.63, 3.8) is 0 Å². The first-order valence-electron chi connectivity index (χ1n) is 10.2. The summed E-state index contributed by atoms with van der Waals surface area (Å²) in [6, 6.07) is 8.13. The summed E-state index contributed by atoms with van der Waals surface area (Å²) in [7, 11) is 1.81. The summed E-state index contributed by atoms with van der Waals surface area (Å²) in [6.45, 7) is 11.1. The van der Waals surface area contributed by atoms with Gasteiger partial charge in [-0.25, -0.2) is 4.98 Å². The Morgan fingerprint density at radius 2 is 1.97 bits per heavy atom. The molecule has 9 heteroatoms. The van der Waals surface area contributed by atoms with E-state index in [0.29, 0.717) is 6.54 Å². The van der Waals surface area contributed by atoms with Gasteiger partial charge in [0.25, 0.3) is 0 Å². The highest BCUT2D eigenvalue weighted by molar-refractivity contribution is 14.0. The summed E-state index contributed by atoms with van der Waals surface area (Å²) in [4.78, 5) is 15.1. The SMILES string of the molecule is CN=C(NCCCN1CCN(c2cccc(Cl)c2)CC1)NCc1nc(C)c(C)s1.I. The minimum Gasteiger partial charge on any atom is -0.369 e. The van der Waals surface area contributed by atoms with E-state index in [2.05, 4.69) is 50.3 Å². The predicted octanol–water partition coefficient (Wildman–Crippen LogP) is 3.91. The molecule has 0 spiro atoms. The predicted molar refractivity (Wildman–Crippen MR) is 140 cm³/mol. The van der Waals surface area contributed by atoms with Gasteiger partial charge >= 0.3 is 0 Å². The van der Waals surface area contributed by atoms with Gasteiger partial charge in [0, 0.05) is 55.4 Å². The number of halogens is 2. The molecule has 166 valence electrons. The van der Waals surface area contributed by atoms with Crippen molar-refractivity contribution in [3.05, 3.63) is 44.9 Å². The molecule has 2 aromatic rings. The molecule has 2 N–H and O–H groups in total. The van der Waals surface area contributed by atoms with Crippen LogP contribution >= 0.6 is 46.9 Å². The molecule has 0 amide bonds. The molecule has 3 rings (SSSR count). The molecule has 1 fully saturated rings. The van der Waals surface area contributed by atoms with Crippen molar-refractivity contribution < 1.29 is 0 Å². The van der Waals surface area contributed by atoms with E-state index in [-0.39, 0.29) is 24.0 Å². The molecule has 1 saturated heterocycles. The standard InChI is InChI=1S/C21H31ClN6S.HI/c1-16-17(2)29-20(26-16)15-25-21(23-3)24-8-5-9-27-10-12-28(13-11-27)19-7-4-6-18(22)14-19;/h4,6-7,14H,5,8-13,15H2,1-3H3,(H2,23,24,25);1H. The summed E-state index contributed by atoms with van der Waals surface area (Å²) in [5, 5.41) is 8.66. The third kappa shape index (κ3) is 7.55. The lowest BCUT2D eigenvalue weighted by Gasteiger charge is -2.36. The number of nitrogens with zero attached hydrogens (tertiary/aromatic N) is 4. The highest BCUT2D eigenvalue weighted by Crippen LogP contribution is 2.20. The monoisotopic (exact) mass is 562 g/mol. The van der Waals surface area contributed by atoms with E-state index in [9.17, 15) is 0 Å². The van der Waals surface area contributed by atoms with Crippen LogP contribution in [0, 0.1) is 13.8 Å². The zero-order chi connectivity index (χ0) is 20.6. The second kappa shape index (κ2) is 12.7. The number of hydrogen-bond acceptors (Lipinski definition) is 5. The van der Waals surface area contributed by atoms with Crippen LogP contribution in [0.25, 0.3) is 0 Å². The minimum atomic E-state index is 0. The van der Waals surface area contributed by atoms with Crippen LogP contribution < -0.4 is 15.5 Å². The number of benzene rings is 1. The highest BCUT2D eigenvalue weighted by atomic mass is 127. The molecule has 6 nitrogen and oxygen atoms in total. The smallest absolute Gasteiger partial charge is 0.191 e. The normalized spacial score (nSPS) is 15.1. The topological polar surface area (TPSA) is 55.8 Å². The van der Waals surface area contributed by atoms with E-state index in [1.54, 1.807) is 11.3 Å². The van der Waals surface area contributed by atoms with Crippen LogP contribution in [-0.4, -0.2) is 62.2 Å². The summed E-state index contributed by atoms with van der Waals surface area (Å²) in [5.41, 5.74) is 2.34. The fourth-order valence-corrected chi connectivity index (χ4v) is 4.46. The molecule has 1 aromatic heterocycles. The molecular formula is C21H32ClIN6S. The van der Waals surface area contributed by atoms with E-state index in [1.807, 2.05) is 25.2 Å². The van der Waals surface area contributed by atoms with Gasteiger partial charge in [-0.1, -0.05) is 17.7 Å². The van der Waals surface area contributed by atoms with E-state index in [0.717, 1.165) is 67.4 Å². The molecule has 0 saturated carbocycles. The van der Waals surface area contributed by atoms with Gasteiger partial charge in [0.15, 0.2) is 5.96 Å². The van der Waals surface area contributed by atoms with Gasteiger partial charge in [-0.15, -0.1) is 35.3 Å². The lowest BCUT2D eigenvalue weighted by atomic mass is 10.2. The largest absolute Gasteiger partial charge is 0.369 e. The number of anilines is 1. The fraction of sp³-hybridized carbons (Fsp3) is 0.524. The Bertz CT molecular complexity index is 800. The Labute approximate surface area is 206 Å². The Morgan fingerprint density at radius 1 is 1.20 bits per heavy atom. The second-order valence-corrected chi connectivity index (χ2v) is 8.99. The van der Waals surface area contributed by atoms with Crippen molar-refractivity contribution in [1.82, 2.24) is 20.5 Å². The summed E-state index contributed by atoms with van der Waals surface area (Å²) < 4.78 is 0. The third-order valence-electron chi connectivity index (χ3n) is 5.19. The number of hydrogen-bond donors (Lipinski definition) is 2. The first kappa shape index (κ1) is 25.2. The molecule has 1 aromatic carbocycles. The van der Waals surface area contributed by atoms with Gasteiger partial charge in [0.1, 0.15) is 5.01 Å². The third-order valence-corrected chi connectivity index (χ3v) is 6.50. The number of aromatic nitrogens is 1. The first-order chi connectivity index (χ1) is 14.0. The number of thiazole rings is 1. The van der Waals surface area contributed by atoms with Gasteiger partial charge in [0.2, 0.25) is 0 Å². The maximum Gasteiger partial charge on any atom is 0.191 e. The zero-order valence-corrected chi connectivity index (χ0v) is 21.9. The Kier molecular flexibility index (Phi) is 10.6. The van der Waals surface area contributed by atoms with E-state index in [1.165, 1.54) is 10.6 Å². The van der Waals surface area contributed by atoms with Crippen molar-refractivity contribution >= 4 is 58.6 Å². The van der Waals surface area contributed by atoms with Crippen molar-refractivity contribution in [2.24, 2.45) is 4.99 Å².